The highest BCUT2D eigenvalue weighted by atomic mass is 16.3. The summed E-state index contributed by atoms with van der Waals surface area (Å²) < 4.78 is 0. The maximum atomic E-state index is 9.60. The van der Waals surface area contributed by atoms with E-state index in [-0.39, 0.29) is 0 Å². The average molecular weight is 191 g/mol. The number of hydrogen-bond donors (Lipinski definition) is 1. The van der Waals surface area contributed by atoms with Crippen molar-refractivity contribution in [3.05, 3.63) is 23.1 Å². The lowest BCUT2D eigenvalue weighted by Gasteiger charge is -2.26. The van der Waals surface area contributed by atoms with E-state index < -0.39 is 0 Å². The first-order chi connectivity index (χ1) is 6.84. The van der Waals surface area contributed by atoms with E-state index in [1.807, 2.05) is 0 Å². The van der Waals surface area contributed by atoms with Gasteiger partial charge < -0.3 is 10.0 Å². The van der Waals surface area contributed by atoms with Crippen LogP contribution >= 0.6 is 0 Å². The van der Waals surface area contributed by atoms with Crippen LogP contribution in [0, 0.1) is 5.92 Å². The van der Waals surface area contributed by atoms with Gasteiger partial charge >= 0.3 is 0 Å². The molecule has 1 N–H and O–H groups in total. The van der Waals surface area contributed by atoms with Crippen LogP contribution in [-0.4, -0.2) is 23.1 Å². The molecule has 3 rings (SSSR count). The zero-order valence-electron chi connectivity index (χ0n) is 8.50. The van der Waals surface area contributed by atoms with Gasteiger partial charge in [0.2, 0.25) is 0 Å². The molecule has 0 aromatic heterocycles. The van der Waals surface area contributed by atoms with E-state index >= 15 is 0 Å². The van der Waals surface area contributed by atoms with E-state index in [0.717, 1.165) is 12.8 Å². The van der Waals surface area contributed by atoms with Crippen molar-refractivity contribution in [2.45, 2.75) is 32.1 Å². The Kier molecular flexibility index (Phi) is 1.82. The van der Waals surface area contributed by atoms with Crippen LogP contribution in [0.5, 0.6) is 0 Å². The van der Waals surface area contributed by atoms with Crippen LogP contribution in [0.25, 0.3) is 0 Å². The zero-order chi connectivity index (χ0) is 9.54. The molecule has 0 aromatic rings. The molecular formula is C12H17NO. The summed E-state index contributed by atoms with van der Waals surface area (Å²) in [7, 11) is 0. The van der Waals surface area contributed by atoms with Crippen molar-refractivity contribution in [3.8, 4) is 0 Å². The topological polar surface area (TPSA) is 23.5 Å². The molecule has 2 nitrogen and oxygen atoms in total. The quantitative estimate of drug-likeness (QED) is 0.636. The van der Waals surface area contributed by atoms with Crippen molar-refractivity contribution >= 4 is 0 Å². The fourth-order valence-corrected chi connectivity index (χ4v) is 2.79. The molecule has 0 spiro atoms. The van der Waals surface area contributed by atoms with Crippen LogP contribution < -0.4 is 0 Å². The second-order valence-corrected chi connectivity index (χ2v) is 4.70. The molecule has 0 saturated heterocycles. The fraction of sp³-hybridized carbons (Fsp3) is 0.667. The smallest absolute Gasteiger partial charge is 0.0997 e. The van der Waals surface area contributed by atoms with Crippen molar-refractivity contribution in [3.63, 3.8) is 0 Å². The largest absolute Gasteiger partial charge is 0.512 e. The third-order valence-electron chi connectivity index (χ3n) is 3.66. The Morgan fingerprint density at radius 2 is 2.00 bits per heavy atom. The Morgan fingerprint density at radius 1 is 1.21 bits per heavy atom. The van der Waals surface area contributed by atoms with E-state index in [1.54, 1.807) is 5.57 Å². The van der Waals surface area contributed by atoms with Gasteiger partial charge in [-0.05, 0) is 43.9 Å². The second-order valence-electron chi connectivity index (χ2n) is 4.70. The highest BCUT2D eigenvalue weighted by Gasteiger charge is 2.37. The predicted octanol–water partition coefficient (Wildman–Crippen LogP) is 2.59. The van der Waals surface area contributed by atoms with Gasteiger partial charge in [0, 0.05) is 19.0 Å². The molecule has 2 aliphatic heterocycles. The zero-order valence-corrected chi connectivity index (χ0v) is 8.50. The minimum atomic E-state index is 0.444. The van der Waals surface area contributed by atoms with Crippen LogP contribution in [0.4, 0.5) is 0 Å². The minimum absolute atomic E-state index is 0.444. The van der Waals surface area contributed by atoms with Crippen LogP contribution in [0.15, 0.2) is 23.1 Å². The van der Waals surface area contributed by atoms with Crippen molar-refractivity contribution in [2.24, 2.45) is 5.92 Å². The lowest BCUT2D eigenvalue weighted by atomic mass is 10.00. The normalized spacial score (nSPS) is 31.3. The van der Waals surface area contributed by atoms with Gasteiger partial charge in [0.15, 0.2) is 0 Å². The number of allylic oxidation sites excluding steroid dienone is 3. The highest BCUT2D eigenvalue weighted by Crippen LogP contribution is 2.46. The molecule has 3 aliphatic rings. The van der Waals surface area contributed by atoms with Gasteiger partial charge in [-0.25, -0.2) is 0 Å². The van der Waals surface area contributed by atoms with Crippen molar-refractivity contribution in [1.29, 1.82) is 0 Å². The van der Waals surface area contributed by atoms with Crippen LogP contribution in [0.1, 0.15) is 32.1 Å². The third kappa shape index (κ3) is 1.33. The highest BCUT2D eigenvalue weighted by molar-refractivity contribution is 5.37. The molecule has 1 aliphatic carbocycles. The van der Waals surface area contributed by atoms with Gasteiger partial charge in [0.1, 0.15) is 0 Å². The van der Waals surface area contributed by atoms with Crippen molar-refractivity contribution in [2.75, 3.05) is 13.1 Å². The Labute approximate surface area is 84.9 Å². The fourth-order valence-electron chi connectivity index (χ4n) is 2.79. The molecule has 2 heteroatoms. The van der Waals surface area contributed by atoms with Gasteiger partial charge in [0.25, 0.3) is 0 Å². The van der Waals surface area contributed by atoms with Gasteiger partial charge in [-0.3, -0.25) is 0 Å². The average Bonchev–Trinajstić information content (AvgIpc) is 2.77. The number of nitrogens with zero attached hydrogens (tertiary/aromatic N) is 1. The summed E-state index contributed by atoms with van der Waals surface area (Å²) in [6.45, 7) is 2.41. The Morgan fingerprint density at radius 3 is 2.86 bits per heavy atom. The summed E-state index contributed by atoms with van der Waals surface area (Å²) in [5, 5.41) is 9.60. The van der Waals surface area contributed by atoms with Gasteiger partial charge in [-0.2, -0.15) is 0 Å². The summed E-state index contributed by atoms with van der Waals surface area (Å²) in [5.41, 5.74) is 2.89. The Bertz CT molecular complexity index is 316. The first-order valence-electron chi connectivity index (χ1n) is 5.70. The summed E-state index contributed by atoms with van der Waals surface area (Å²) in [6, 6.07) is 0. The number of rotatable bonds is 0. The van der Waals surface area contributed by atoms with Crippen LogP contribution in [0.3, 0.4) is 0 Å². The predicted molar refractivity (Wildman–Crippen MR) is 55.9 cm³/mol. The first-order valence-corrected chi connectivity index (χ1v) is 5.70. The molecule has 0 amide bonds. The molecule has 0 saturated carbocycles. The van der Waals surface area contributed by atoms with E-state index in [0.29, 0.717) is 11.7 Å². The maximum Gasteiger partial charge on any atom is 0.0997 e. The molecule has 0 radical (unpaired) electrons. The summed E-state index contributed by atoms with van der Waals surface area (Å²) in [5.74, 6) is 1.16. The second kappa shape index (κ2) is 3.04. The molecule has 2 bridgehead atoms. The molecule has 2 heterocycles. The summed E-state index contributed by atoms with van der Waals surface area (Å²) in [6.07, 6.45) is 8.31. The van der Waals surface area contributed by atoms with Crippen LogP contribution in [-0.2, 0) is 0 Å². The molecule has 0 fully saturated rings. The number of hydrogen-bond acceptors (Lipinski definition) is 2. The van der Waals surface area contributed by atoms with Gasteiger partial charge in [-0.15, -0.1) is 0 Å². The van der Waals surface area contributed by atoms with E-state index in [4.69, 9.17) is 0 Å². The summed E-state index contributed by atoms with van der Waals surface area (Å²) in [4.78, 5) is 2.46. The molecular weight excluding hydrogens is 174 g/mol. The lowest BCUT2D eigenvalue weighted by molar-refractivity contribution is 0.340. The van der Waals surface area contributed by atoms with Crippen LogP contribution in [0.2, 0.25) is 0 Å². The maximum absolute atomic E-state index is 9.60. The number of fused-ring (bicyclic) bond motifs is 2. The molecule has 76 valence electrons. The van der Waals surface area contributed by atoms with Gasteiger partial charge in [0.05, 0.1) is 5.76 Å². The van der Waals surface area contributed by atoms with E-state index in [2.05, 4.69) is 11.1 Å². The SMILES string of the molecule is OC1=C2CCCN3C=C(CCC3)C[C@H]12. The van der Waals surface area contributed by atoms with E-state index in [9.17, 15) is 5.11 Å². The number of aliphatic hydroxyl groups excluding tert-OH is 1. The van der Waals surface area contributed by atoms with Gasteiger partial charge in [-0.1, -0.05) is 5.57 Å². The minimum Gasteiger partial charge on any atom is -0.512 e. The first kappa shape index (κ1) is 8.39. The molecule has 0 unspecified atom stereocenters. The van der Waals surface area contributed by atoms with Crippen molar-refractivity contribution in [1.82, 2.24) is 4.90 Å². The Balaban J connectivity index is 1.78. The Hall–Kier alpha value is -0.920. The van der Waals surface area contributed by atoms with Crippen molar-refractivity contribution < 1.29 is 5.11 Å². The summed E-state index contributed by atoms with van der Waals surface area (Å²) >= 11 is 0. The van der Waals surface area contributed by atoms with E-state index in [1.165, 1.54) is 37.9 Å². The molecule has 14 heavy (non-hydrogen) atoms. The standard InChI is InChI=1S/C12H17NO/c14-12-10-4-2-6-13-5-1-3-9(8-13)7-11(10)12/h8,11,14H,1-7H2/t11-/m0/s1. The molecule has 0 aromatic carbocycles. The monoisotopic (exact) mass is 191 g/mol. The lowest BCUT2D eigenvalue weighted by Crippen LogP contribution is -2.23. The third-order valence-corrected chi connectivity index (χ3v) is 3.66. The molecule has 1 atom stereocenters. The number of aliphatic hydroxyl groups is 1.